The summed E-state index contributed by atoms with van der Waals surface area (Å²) in [7, 11) is 0. The Morgan fingerprint density at radius 3 is 2.76 bits per heavy atom. The van der Waals surface area contributed by atoms with Crippen molar-refractivity contribution >= 4 is 0 Å². The van der Waals surface area contributed by atoms with E-state index in [0.717, 1.165) is 6.42 Å². The molecule has 0 spiro atoms. The minimum absolute atomic E-state index is 0.142. The molecule has 1 aromatic rings. The van der Waals surface area contributed by atoms with Gasteiger partial charge >= 0.3 is 0 Å². The van der Waals surface area contributed by atoms with Crippen molar-refractivity contribution in [2.45, 2.75) is 31.5 Å². The minimum Gasteiger partial charge on any atom is -0.372 e. The van der Waals surface area contributed by atoms with E-state index in [0.29, 0.717) is 19.6 Å². The van der Waals surface area contributed by atoms with Gasteiger partial charge in [0.1, 0.15) is 0 Å². The van der Waals surface area contributed by atoms with Gasteiger partial charge in [0.2, 0.25) is 0 Å². The van der Waals surface area contributed by atoms with Crippen molar-refractivity contribution in [3.63, 3.8) is 0 Å². The smallest absolute Gasteiger partial charge is 0.0996 e. The molecule has 1 aliphatic rings. The average Bonchev–Trinajstić information content (AvgIpc) is 2.34. The second-order valence-electron chi connectivity index (χ2n) is 4.76. The van der Waals surface area contributed by atoms with Gasteiger partial charge in [-0.1, -0.05) is 30.3 Å². The van der Waals surface area contributed by atoms with Gasteiger partial charge < -0.3 is 9.47 Å². The first kappa shape index (κ1) is 12.2. The molecule has 0 saturated carbocycles. The number of hydrogen-bond donors (Lipinski definition) is 0. The molecule has 2 heteroatoms. The van der Waals surface area contributed by atoms with Gasteiger partial charge in [-0.25, -0.2) is 0 Å². The lowest BCUT2D eigenvalue weighted by Crippen LogP contribution is -2.45. The molecule has 0 amide bonds. The van der Waals surface area contributed by atoms with Crippen LogP contribution in [0.4, 0.5) is 0 Å². The summed E-state index contributed by atoms with van der Waals surface area (Å²) in [6.07, 6.45) is 6.96. The lowest BCUT2D eigenvalue weighted by atomic mass is 10.0. The van der Waals surface area contributed by atoms with Crippen molar-refractivity contribution in [2.75, 3.05) is 13.2 Å². The minimum atomic E-state index is -0.304. The van der Waals surface area contributed by atoms with Crippen LogP contribution in [0.25, 0.3) is 0 Å². The molecule has 0 radical (unpaired) electrons. The standard InChI is InChI=1S/C15H18O2/c1-3-9-15(2)12-16-14(11-17-15)10-13-7-5-4-6-8-13/h1,4-8,14H,9-12H2,2H3. The summed E-state index contributed by atoms with van der Waals surface area (Å²) in [6.45, 7) is 3.20. The van der Waals surface area contributed by atoms with Gasteiger partial charge in [0, 0.05) is 12.8 Å². The highest BCUT2D eigenvalue weighted by Gasteiger charge is 2.32. The second-order valence-corrected chi connectivity index (χ2v) is 4.76. The van der Waals surface area contributed by atoms with Crippen LogP contribution in [0, 0.1) is 12.3 Å². The molecule has 2 unspecified atom stereocenters. The lowest BCUT2D eigenvalue weighted by Gasteiger charge is -2.36. The highest BCUT2D eigenvalue weighted by molar-refractivity contribution is 5.15. The first-order chi connectivity index (χ1) is 8.22. The third-order valence-corrected chi connectivity index (χ3v) is 3.02. The summed E-state index contributed by atoms with van der Waals surface area (Å²) in [5, 5.41) is 0. The summed E-state index contributed by atoms with van der Waals surface area (Å²) in [5.74, 6) is 2.64. The van der Waals surface area contributed by atoms with Crippen LogP contribution >= 0.6 is 0 Å². The largest absolute Gasteiger partial charge is 0.372 e. The Hall–Kier alpha value is -1.30. The molecule has 90 valence electrons. The van der Waals surface area contributed by atoms with Crippen LogP contribution in [0.3, 0.4) is 0 Å². The number of ether oxygens (including phenoxy) is 2. The van der Waals surface area contributed by atoms with E-state index >= 15 is 0 Å². The van der Waals surface area contributed by atoms with Crippen molar-refractivity contribution in [3.8, 4) is 12.3 Å². The third kappa shape index (κ3) is 3.33. The zero-order chi connectivity index (χ0) is 12.1. The second kappa shape index (κ2) is 5.35. The Balaban J connectivity index is 1.86. The van der Waals surface area contributed by atoms with Crippen LogP contribution < -0.4 is 0 Å². The number of benzene rings is 1. The molecule has 1 fully saturated rings. The van der Waals surface area contributed by atoms with E-state index < -0.39 is 0 Å². The maximum absolute atomic E-state index is 5.83. The summed E-state index contributed by atoms with van der Waals surface area (Å²) in [6, 6.07) is 10.3. The maximum atomic E-state index is 5.83. The molecule has 1 heterocycles. The van der Waals surface area contributed by atoms with Crippen molar-refractivity contribution in [3.05, 3.63) is 35.9 Å². The molecule has 2 atom stereocenters. The Labute approximate surface area is 103 Å². The summed E-state index contributed by atoms with van der Waals surface area (Å²) < 4.78 is 11.7. The topological polar surface area (TPSA) is 18.5 Å². The van der Waals surface area contributed by atoms with E-state index in [-0.39, 0.29) is 11.7 Å². The van der Waals surface area contributed by atoms with Gasteiger partial charge in [0.05, 0.1) is 24.9 Å². The summed E-state index contributed by atoms with van der Waals surface area (Å²) in [4.78, 5) is 0. The molecular formula is C15H18O2. The number of hydrogen-bond acceptors (Lipinski definition) is 2. The van der Waals surface area contributed by atoms with E-state index in [2.05, 4.69) is 18.1 Å². The molecule has 2 nitrogen and oxygen atoms in total. The summed E-state index contributed by atoms with van der Waals surface area (Å²) in [5.41, 5.74) is 0.976. The molecule has 0 bridgehead atoms. The average molecular weight is 230 g/mol. The molecular weight excluding hydrogens is 212 g/mol. The SMILES string of the molecule is C#CCC1(C)COC(Cc2ccccc2)CO1. The third-order valence-electron chi connectivity index (χ3n) is 3.02. The van der Waals surface area contributed by atoms with E-state index in [1.807, 2.05) is 25.1 Å². The van der Waals surface area contributed by atoms with Crippen molar-refractivity contribution < 1.29 is 9.47 Å². The van der Waals surface area contributed by atoms with Crippen molar-refractivity contribution in [1.82, 2.24) is 0 Å². The fourth-order valence-electron chi connectivity index (χ4n) is 1.99. The number of terminal acetylenes is 1. The Morgan fingerprint density at radius 2 is 2.18 bits per heavy atom. The van der Waals surface area contributed by atoms with E-state index in [1.165, 1.54) is 5.56 Å². The van der Waals surface area contributed by atoms with Crippen LogP contribution in [0.5, 0.6) is 0 Å². The normalized spacial score (nSPS) is 28.6. The van der Waals surface area contributed by atoms with Crippen LogP contribution in [-0.4, -0.2) is 24.9 Å². The molecule has 17 heavy (non-hydrogen) atoms. The zero-order valence-corrected chi connectivity index (χ0v) is 10.2. The van der Waals surface area contributed by atoms with Crippen LogP contribution in [0.2, 0.25) is 0 Å². The van der Waals surface area contributed by atoms with Crippen molar-refractivity contribution in [1.29, 1.82) is 0 Å². The lowest BCUT2D eigenvalue weighted by molar-refractivity contribution is -0.179. The van der Waals surface area contributed by atoms with Crippen LogP contribution in [-0.2, 0) is 15.9 Å². The first-order valence-corrected chi connectivity index (χ1v) is 5.95. The fraction of sp³-hybridized carbons (Fsp3) is 0.467. The van der Waals surface area contributed by atoms with Crippen LogP contribution in [0.15, 0.2) is 30.3 Å². The molecule has 0 aromatic heterocycles. The predicted molar refractivity (Wildman–Crippen MR) is 67.7 cm³/mol. The highest BCUT2D eigenvalue weighted by atomic mass is 16.6. The molecule has 1 aliphatic heterocycles. The van der Waals surface area contributed by atoms with E-state index in [9.17, 15) is 0 Å². The van der Waals surface area contributed by atoms with Gasteiger partial charge in [-0.15, -0.1) is 12.3 Å². The Morgan fingerprint density at radius 1 is 1.41 bits per heavy atom. The molecule has 0 N–H and O–H groups in total. The Kier molecular flexibility index (Phi) is 3.83. The highest BCUT2D eigenvalue weighted by Crippen LogP contribution is 2.23. The molecule has 1 saturated heterocycles. The molecule has 2 rings (SSSR count). The van der Waals surface area contributed by atoms with Gasteiger partial charge in [0.25, 0.3) is 0 Å². The summed E-state index contributed by atoms with van der Waals surface area (Å²) >= 11 is 0. The van der Waals surface area contributed by atoms with Crippen LogP contribution in [0.1, 0.15) is 18.9 Å². The van der Waals surface area contributed by atoms with Gasteiger partial charge in [-0.2, -0.15) is 0 Å². The van der Waals surface area contributed by atoms with Gasteiger partial charge in [-0.3, -0.25) is 0 Å². The predicted octanol–water partition coefficient (Wildman–Crippen LogP) is 2.43. The van der Waals surface area contributed by atoms with Gasteiger partial charge in [-0.05, 0) is 12.5 Å². The zero-order valence-electron chi connectivity index (χ0n) is 10.2. The van der Waals surface area contributed by atoms with E-state index in [4.69, 9.17) is 15.9 Å². The first-order valence-electron chi connectivity index (χ1n) is 5.95. The molecule has 1 aromatic carbocycles. The quantitative estimate of drug-likeness (QED) is 0.742. The molecule has 0 aliphatic carbocycles. The Bertz CT molecular complexity index is 383. The monoisotopic (exact) mass is 230 g/mol. The number of rotatable bonds is 3. The van der Waals surface area contributed by atoms with Gasteiger partial charge in [0.15, 0.2) is 0 Å². The van der Waals surface area contributed by atoms with E-state index in [1.54, 1.807) is 0 Å². The fourth-order valence-corrected chi connectivity index (χ4v) is 1.99. The van der Waals surface area contributed by atoms with Crippen molar-refractivity contribution in [2.24, 2.45) is 0 Å². The maximum Gasteiger partial charge on any atom is 0.0996 e.